The first-order chi connectivity index (χ1) is 8.74. The lowest BCUT2D eigenvalue weighted by Gasteiger charge is -2.08. The van der Waals surface area contributed by atoms with Crippen LogP contribution in [0.4, 0.5) is 5.95 Å². The number of hydrogen-bond donors (Lipinski definition) is 1. The van der Waals surface area contributed by atoms with E-state index in [9.17, 15) is 0 Å². The van der Waals surface area contributed by atoms with Gasteiger partial charge in [-0.25, -0.2) is 15.0 Å². The van der Waals surface area contributed by atoms with Crippen LogP contribution in [-0.4, -0.2) is 26.1 Å². The van der Waals surface area contributed by atoms with Gasteiger partial charge in [-0.05, 0) is 26.3 Å². The molecule has 0 saturated heterocycles. The molecular formula is C13H19N5. The normalized spacial score (nSPS) is 10.6. The number of aryl methyl sites for hydroxylation is 2. The van der Waals surface area contributed by atoms with Gasteiger partial charge in [-0.1, -0.05) is 6.92 Å². The Morgan fingerprint density at radius 2 is 2.11 bits per heavy atom. The molecule has 0 fully saturated rings. The second-order valence-corrected chi connectivity index (χ2v) is 4.18. The Balaban J connectivity index is 2.35. The highest BCUT2D eigenvalue weighted by Gasteiger charge is 2.09. The number of aromatic nitrogens is 4. The van der Waals surface area contributed by atoms with E-state index in [2.05, 4.69) is 38.7 Å². The van der Waals surface area contributed by atoms with Crippen LogP contribution in [0.1, 0.15) is 26.0 Å². The Kier molecular flexibility index (Phi) is 3.92. The quantitative estimate of drug-likeness (QED) is 0.879. The molecule has 1 N–H and O–H groups in total. The summed E-state index contributed by atoms with van der Waals surface area (Å²) >= 11 is 0. The van der Waals surface area contributed by atoms with Crippen molar-refractivity contribution >= 4 is 5.95 Å². The highest BCUT2D eigenvalue weighted by Crippen LogP contribution is 2.17. The predicted molar refractivity (Wildman–Crippen MR) is 72.4 cm³/mol. The maximum absolute atomic E-state index is 4.52. The van der Waals surface area contributed by atoms with Gasteiger partial charge < -0.3 is 9.88 Å². The number of rotatable bonds is 5. The minimum absolute atomic E-state index is 0.678. The SMILES string of the molecule is CCCNc1nc(C)cc(-c2nccn2CC)n1. The number of imidazole rings is 1. The van der Waals surface area contributed by atoms with Gasteiger partial charge >= 0.3 is 0 Å². The second kappa shape index (κ2) is 5.62. The summed E-state index contributed by atoms with van der Waals surface area (Å²) in [5.41, 5.74) is 1.82. The summed E-state index contributed by atoms with van der Waals surface area (Å²) in [5.74, 6) is 1.57. The molecule has 2 aromatic heterocycles. The third-order valence-corrected chi connectivity index (χ3v) is 2.67. The minimum atomic E-state index is 0.678. The first-order valence-electron chi connectivity index (χ1n) is 6.35. The van der Waals surface area contributed by atoms with E-state index in [4.69, 9.17) is 0 Å². The molecule has 5 heteroatoms. The molecule has 0 bridgehead atoms. The van der Waals surface area contributed by atoms with Gasteiger partial charge in [0.1, 0.15) is 5.69 Å². The van der Waals surface area contributed by atoms with Gasteiger partial charge in [-0.2, -0.15) is 0 Å². The molecule has 0 aliphatic carbocycles. The lowest BCUT2D eigenvalue weighted by molar-refractivity contribution is 0.767. The van der Waals surface area contributed by atoms with Crippen LogP contribution in [-0.2, 0) is 6.54 Å². The second-order valence-electron chi connectivity index (χ2n) is 4.18. The molecule has 96 valence electrons. The summed E-state index contributed by atoms with van der Waals surface area (Å²) in [4.78, 5) is 13.3. The van der Waals surface area contributed by atoms with Crippen LogP contribution in [0.15, 0.2) is 18.5 Å². The van der Waals surface area contributed by atoms with E-state index in [1.54, 1.807) is 6.20 Å². The van der Waals surface area contributed by atoms with Gasteiger partial charge in [-0.15, -0.1) is 0 Å². The van der Waals surface area contributed by atoms with Gasteiger partial charge in [-0.3, -0.25) is 0 Å². The number of nitrogens with one attached hydrogen (secondary N) is 1. The average molecular weight is 245 g/mol. The van der Waals surface area contributed by atoms with Crippen LogP contribution in [0, 0.1) is 6.92 Å². The highest BCUT2D eigenvalue weighted by molar-refractivity contribution is 5.52. The van der Waals surface area contributed by atoms with Crippen LogP contribution in [0.25, 0.3) is 11.5 Å². The fourth-order valence-electron chi connectivity index (χ4n) is 1.80. The number of hydrogen-bond acceptors (Lipinski definition) is 4. The summed E-state index contributed by atoms with van der Waals surface area (Å²) in [6.45, 7) is 7.95. The molecule has 5 nitrogen and oxygen atoms in total. The fourth-order valence-corrected chi connectivity index (χ4v) is 1.80. The topological polar surface area (TPSA) is 55.6 Å². The molecule has 18 heavy (non-hydrogen) atoms. The Morgan fingerprint density at radius 3 is 2.83 bits per heavy atom. The molecule has 0 unspecified atom stereocenters. The smallest absolute Gasteiger partial charge is 0.223 e. The van der Waals surface area contributed by atoms with Crippen molar-refractivity contribution in [2.75, 3.05) is 11.9 Å². The molecule has 0 spiro atoms. The molecule has 2 rings (SSSR count). The Bertz CT molecular complexity index is 518. The molecule has 0 radical (unpaired) electrons. The number of anilines is 1. The summed E-state index contributed by atoms with van der Waals surface area (Å²) < 4.78 is 2.07. The molecule has 0 aliphatic rings. The first kappa shape index (κ1) is 12.5. The average Bonchev–Trinajstić information content (AvgIpc) is 2.84. The standard InChI is InChI=1S/C13H19N5/c1-4-6-15-13-16-10(3)9-11(17-13)12-14-7-8-18(12)5-2/h7-9H,4-6H2,1-3H3,(H,15,16,17). The van der Waals surface area contributed by atoms with Crippen LogP contribution in [0.2, 0.25) is 0 Å². The van der Waals surface area contributed by atoms with Crippen LogP contribution < -0.4 is 5.32 Å². The van der Waals surface area contributed by atoms with Crippen LogP contribution >= 0.6 is 0 Å². The van der Waals surface area contributed by atoms with Gasteiger partial charge in [0.2, 0.25) is 5.95 Å². The lowest BCUT2D eigenvalue weighted by Crippen LogP contribution is -2.07. The molecule has 0 atom stereocenters. The molecule has 0 aromatic carbocycles. The maximum atomic E-state index is 4.52. The zero-order valence-corrected chi connectivity index (χ0v) is 11.1. The van der Waals surface area contributed by atoms with Crippen molar-refractivity contribution in [3.05, 3.63) is 24.2 Å². The molecule has 0 aliphatic heterocycles. The van der Waals surface area contributed by atoms with Gasteiger partial charge in [0.15, 0.2) is 5.82 Å². The molecule has 2 aromatic rings. The van der Waals surface area contributed by atoms with E-state index in [1.807, 2.05) is 19.2 Å². The zero-order valence-electron chi connectivity index (χ0n) is 11.1. The Hall–Kier alpha value is -1.91. The zero-order chi connectivity index (χ0) is 13.0. The minimum Gasteiger partial charge on any atom is -0.354 e. The van der Waals surface area contributed by atoms with Gasteiger partial charge in [0, 0.05) is 31.2 Å². The Labute approximate surface area is 107 Å². The third-order valence-electron chi connectivity index (χ3n) is 2.67. The molecule has 0 amide bonds. The van der Waals surface area contributed by atoms with E-state index >= 15 is 0 Å². The Morgan fingerprint density at radius 1 is 1.28 bits per heavy atom. The lowest BCUT2D eigenvalue weighted by atomic mass is 10.3. The number of nitrogens with zero attached hydrogens (tertiary/aromatic N) is 4. The van der Waals surface area contributed by atoms with Crippen molar-refractivity contribution in [1.29, 1.82) is 0 Å². The van der Waals surface area contributed by atoms with E-state index in [-0.39, 0.29) is 0 Å². The summed E-state index contributed by atoms with van der Waals surface area (Å²) in [5, 5.41) is 3.22. The van der Waals surface area contributed by atoms with Crippen molar-refractivity contribution in [2.45, 2.75) is 33.7 Å². The van der Waals surface area contributed by atoms with Crippen molar-refractivity contribution in [2.24, 2.45) is 0 Å². The summed E-state index contributed by atoms with van der Waals surface area (Å²) in [6.07, 6.45) is 4.82. The fraction of sp³-hybridized carbons (Fsp3) is 0.462. The van der Waals surface area contributed by atoms with E-state index < -0.39 is 0 Å². The van der Waals surface area contributed by atoms with Crippen molar-refractivity contribution in [1.82, 2.24) is 19.5 Å². The van der Waals surface area contributed by atoms with Gasteiger partial charge in [0.05, 0.1) is 0 Å². The third kappa shape index (κ3) is 2.67. The predicted octanol–water partition coefficient (Wildman–Crippen LogP) is 2.49. The largest absolute Gasteiger partial charge is 0.354 e. The van der Waals surface area contributed by atoms with Gasteiger partial charge in [0.25, 0.3) is 0 Å². The summed E-state index contributed by atoms with van der Waals surface area (Å²) in [7, 11) is 0. The molecular weight excluding hydrogens is 226 g/mol. The highest BCUT2D eigenvalue weighted by atomic mass is 15.1. The monoisotopic (exact) mass is 245 g/mol. The van der Waals surface area contributed by atoms with Crippen molar-refractivity contribution in [3.63, 3.8) is 0 Å². The van der Waals surface area contributed by atoms with Crippen molar-refractivity contribution in [3.8, 4) is 11.5 Å². The maximum Gasteiger partial charge on any atom is 0.223 e. The van der Waals surface area contributed by atoms with E-state index in [0.717, 1.165) is 36.7 Å². The molecule has 0 saturated carbocycles. The summed E-state index contributed by atoms with van der Waals surface area (Å²) in [6, 6.07) is 1.96. The molecule has 2 heterocycles. The van der Waals surface area contributed by atoms with E-state index in [1.165, 1.54) is 0 Å². The van der Waals surface area contributed by atoms with Crippen LogP contribution in [0.5, 0.6) is 0 Å². The van der Waals surface area contributed by atoms with Crippen LogP contribution in [0.3, 0.4) is 0 Å². The van der Waals surface area contributed by atoms with E-state index in [0.29, 0.717) is 5.95 Å². The first-order valence-corrected chi connectivity index (χ1v) is 6.35. The van der Waals surface area contributed by atoms with Crippen molar-refractivity contribution < 1.29 is 0 Å².